The summed E-state index contributed by atoms with van der Waals surface area (Å²) in [5.41, 5.74) is 3.58. The van der Waals surface area contributed by atoms with E-state index in [1.807, 2.05) is 4.52 Å². The highest BCUT2D eigenvalue weighted by atomic mass is 32.2. The predicted octanol–water partition coefficient (Wildman–Crippen LogP) is 1.79. The minimum absolute atomic E-state index is 0.137. The standard InChI is InChI=1S/C18H22N6O3S/c1-11-17(12(2)27-22-11)28(25,26)23-8-6-13(7-9-23)18-20-19-16-10-14-4-3-5-15(14)21-24(16)18/h10,13H,3-9H2,1-2H3. The third kappa shape index (κ3) is 2.66. The quantitative estimate of drug-likeness (QED) is 0.657. The maximum absolute atomic E-state index is 13.0. The molecule has 0 N–H and O–H groups in total. The number of rotatable bonds is 3. The summed E-state index contributed by atoms with van der Waals surface area (Å²) in [5, 5.41) is 17.2. The summed E-state index contributed by atoms with van der Waals surface area (Å²) in [6.45, 7) is 4.14. The van der Waals surface area contributed by atoms with Crippen molar-refractivity contribution >= 4 is 15.7 Å². The first-order valence-corrected chi connectivity index (χ1v) is 11.1. The molecule has 5 rings (SSSR count). The van der Waals surface area contributed by atoms with Crippen molar-refractivity contribution in [3.63, 3.8) is 0 Å². The summed E-state index contributed by atoms with van der Waals surface area (Å²) in [6.07, 6.45) is 4.55. The molecule has 0 bridgehead atoms. The van der Waals surface area contributed by atoms with Crippen molar-refractivity contribution in [2.24, 2.45) is 0 Å². The molecule has 0 radical (unpaired) electrons. The van der Waals surface area contributed by atoms with Crippen LogP contribution < -0.4 is 0 Å². The number of piperidine rings is 1. The number of nitrogens with zero attached hydrogens (tertiary/aromatic N) is 6. The molecule has 0 atom stereocenters. The van der Waals surface area contributed by atoms with Crippen LogP contribution in [0, 0.1) is 13.8 Å². The Kier molecular flexibility index (Phi) is 4.02. The van der Waals surface area contributed by atoms with Crippen LogP contribution in [0.5, 0.6) is 0 Å². The van der Waals surface area contributed by atoms with Gasteiger partial charge in [-0.3, -0.25) is 0 Å². The SMILES string of the molecule is Cc1noc(C)c1S(=O)(=O)N1CCC(c2nnc3cc4c(nn23)CCC4)CC1. The van der Waals surface area contributed by atoms with Gasteiger partial charge in [0.15, 0.2) is 17.2 Å². The molecule has 0 spiro atoms. The molecule has 2 aliphatic rings. The van der Waals surface area contributed by atoms with Crippen molar-refractivity contribution in [1.29, 1.82) is 0 Å². The van der Waals surface area contributed by atoms with Crippen LogP contribution in [0.15, 0.2) is 15.5 Å². The van der Waals surface area contributed by atoms with Crippen LogP contribution in [0.3, 0.4) is 0 Å². The van der Waals surface area contributed by atoms with E-state index in [1.54, 1.807) is 13.8 Å². The Labute approximate surface area is 162 Å². The number of fused-ring (bicyclic) bond motifs is 2. The molecular weight excluding hydrogens is 380 g/mol. The third-order valence-corrected chi connectivity index (χ3v) is 7.97. The van der Waals surface area contributed by atoms with Gasteiger partial charge in [-0.25, -0.2) is 8.42 Å². The molecule has 1 aliphatic carbocycles. The number of aryl methyl sites for hydroxylation is 4. The van der Waals surface area contributed by atoms with E-state index in [2.05, 4.69) is 21.4 Å². The van der Waals surface area contributed by atoms with Crippen LogP contribution in [-0.2, 0) is 22.9 Å². The lowest BCUT2D eigenvalue weighted by atomic mass is 9.97. The Morgan fingerprint density at radius 1 is 1.14 bits per heavy atom. The zero-order valence-electron chi connectivity index (χ0n) is 15.9. The van der Waals surface area contributed by atoms with Gasteiger partial charge in [-0.1, -0.05) is 5.16 Å². The molecule has 0 unspecified atom stereocenters. The molecule has 3 aromatic heterocycles. The minimum Gasteiger partial charge on any atom is -0.360 e. The lowest BCUT2D eigenvalue weighted by molar-refractivity contribution is 0.310. The summed E-state index contributed by atoms with van der Waals surface area (Å²) in [4.78, 5) is 0.191. The molecule has 10 heteroatoms. The fourth-order valence-electron chi connectivity index (χ4n) is 4.38. The van der Waals surface area contributed by atoms with Gasteiger partial charge in [-0.15, -0.1) is 10.2 Å². The van der Waals surface area contributed by atoms with E-state index in [0.29, 0.717) is 37.4 Å². The van der Waals surface area contributed by atoms with Crippen molar-refractivity contribution in [3.05, 3.63) is 34.6 Å². The Hall–Kier alpha value is -2.33. The van der Waals surface area contributed by atoms with Crippen molar-refractivity contribution in [2.75, 3.05) is 13.1 Å². The number of hydrogen-bond acceptors (Lipinski definition) is 7. The minimum atomic E-state index is -3.60. The molecule has 0 amide bonds. The Morgan fingerprint density at radius 3 is 2.64 bits per heavy atom. The molecule has 1 aliphatic heterocycles. The first kappa shape index (κ1) is 17.7. The number of sulfonamides is 1. The highest BCUT2D eigenvalue weighted by Crippen LogP contribution is 2.32. The van der Waals surface area contributed by atoms with E-state index in [4.69, 9.17) is 9.62 Å². The molecule has 3 aromatic rings. The van der Waals surface area contributed by atoms with Crippen molar-refractivity contribution < 1.29 is 12.9 Å². The zero-order chi connectivity index (χ0) is 19.5. The molecule has 0 saturated carbocycles. The molecule has 9 nitrogen and oxygen atoms in total. The van der Waals surface area contributed by atoms with E-state index in [-0.39, 0.29) is 10.8 Å². The van der Waals surface area contributed by atoms with Gasteiger partial charge >= 0.3 is 0 Å². The summed E-state index contributed by atoms with van der Waals surface area (Å²) >= 11 is 0. The van der Waals surface area contributed by atoms with Gasteiger partial charge in [0.1, 0.15) is 10.6 Å². The van der Waals surface area contributed by atoms with Crippen LogP contribution in [0.1, 0.15) is 53.7 Å². The maximum atomic E-state index is 13.0. The zero-order valence-corrected chi connectivity index (χ0v) is 16.7. The molecule has 0 aromatic carbocycles. The largest absolute Gasteiger partial charge is 0.360 e. The second-order valence-corrected chi connectivity index (χ2v) is 9.50. The molecule has 28 heavy (non-hydrogen) atoms. The van der Waals surface area contributed by atoms with E-state index >= 15 is 0 Å². The van der Waals surface area contributed by atoms with E-state index < -0.39 is 10.0 Å². The maximum Gasteiger partial charge on any atom is 0.248 e. The van der Waals surface area contributed by atoms with Crippen molar-refractivity contribution in [3.8, 4) is 0 Å². The first-order valence-electron chi connectivity index (χ1n) is 9.62. The molecular formula is C18H22N6O3S. The highest BCUT2D eigenvalue weighted by molar-refractivity contribution is 7.89. The fraction of sp³-hybridized carbons (Fsp3) is 0.556. The monoisotopic (exact) mass is 402 g/mol. The summed E-state index contributed by atoms with van der Waals surface area (Å²) in [5.74, 6) is 1.30. The smallest absolute Gasteiger partial charge is 0.248 e. The average molecular weight is 402 g/mol. The second-order valence-electron chi connectivity index (χ2n) is 7.63. The lowest BCUT2D eigenvalue weighted by Gasteiger charge is -2.30. The molecule has 1 fully saturated rings. The van der Waals surface area contributed by atoms with Crippen LogP contribution in [-0.4, -0.2) is 50.8 Å². The van der Waals surface area contributed by atoms with Gasteiger partial charge in [0.05, 0.1) is 5.69 Å². The normalized spacial score (nSPS) is 18.8. The van der Waals surface area contributed by atoms with E-state index in [1.165, 1.54) is 9.87 Å². The highest BCUT2D eigenvalue weighted by Gasteiger charge is 2.35. The van der Waals surface area contributed by atoms with Gasteiger partial charge in [0.2, 0.25) is 10.0 Å². The third-order valence-electron chi connectivity index (χ3n) is 5.83. The molecule has 1 saturated heterocycles. The Morgan fingerprint density at radius 2 is 1.93 bits per heavy atom. The Balaban J connectivity index is 1.39. The number of hydrogen-bond donors (Lipinski definition) is 0. The van der Waals surface area contributed by atoms with E-state index in [0.717, 1.165) is 36.4 Å². The van der Waals surface area contributed by atoms with Crippen molar-refractivity contribution in [2.45, 2.75) is 56.8 Å². The molecule has 4 heterocycles. The van der Waals surface area contributed by atoms with E-state index in [9.17, 15) is 8.42 Å². The van der Waals surface area contributed by atoms with Crippen LogP contribution in [0.25, 0.3) is 5.65 Å². The van der Waals surface area contributed by atoms with Gasteiger partial charge < -0.3 is 4.52 Å². The predicted molar refractivity (Wildman–Crippen MR) is 99.5 cm³/mol. The average Bonchev–Trinajstić information content (AvgIpc) is 3.38. The van der Waals surface area contributed by atoms with Crippen LogP contribution in [0.4, 0.5) is 0 Å². The Bertz CT molecular complexity index is 1140. The van der Waals surface area contributed by atoms with Gasteiger partial charge in [-0.05, 0) is 57.6 Å². The van der Waals surface area contributed by atoms with Gasteiger partial charge in [-0.2, -0.15) is 13.9 Å². The topological polar surface area (TPSA) is 106 Å². The molecule has 148 valence electrons. The van der Waals surface area contributed by atoms with Crippen LogP contribution in [0.2, 0.25) is 0 Å². The van der Waals surface area contributed by atoms with Crippen molar-refractivity contribution in [1.82, 2.24) is 29.3 Å². The van der Waals surface area contributed by atoms with Gasteiger partial charge in [0.25, 0.3) is 0 Å². The fourth-order valence-corrected chi connectivity index (χ4v) is 6.14. The van der Waals surface area contributed by atoms with Crippen LogP contribution >= 0.6 is 0 Å². The van der Waals surface area contributed by atoms with Gasteiger partial charge in [0, 0.05) is 19.0 Å². The lowest BCUT2D eigenvalue weighted by Crippen LogP contribution is -2.38. The summed E-state index contributed by atoms with van der Waals surface area (Å²) in [6, 6.07) is 2.09. The first-order chi connectivity index (χ1) is 13.4. The summed E-state index contributed by atoms with van der Waals surface area (Å²) < 4.78 is 34.4. The summed E-state index contributed by atoms with van der Waals surface area (Å²) in [7, 11) is -3.60. The second kappa shape index (κ2) is 6.35. The number of aromatic nitrogens is 5.